The van der Waals surface area contributed by atoms with Gasteiger partial charge in [0, 0.05) is 24.0 Å². The first-order valence-electron chi connectivity index (χ1n) is 10.6. The molecule has 6 nitrogen and oxygen atoms in total. The highest BCUT2D eigenvalue weighted by molar-refractivity contribution is 7.15. The van der Waals surface area contributed by atoms with E-state index in [0.717, 1.165) is 35.5 Å². The zero-order chi connectivity index (χ0) is 21.7. The van der Waals surface area contributed by atoms with E-state index in [0.29, 0.717) is 24.8 Å². The van der Waals surface area contributed by atoms with E-state index in [1.165, 1.54) is 11.3 Å². The van der Waals surface area contributed by atoms with Gasteiger partial charge in [0.05, 0.1) is 18.2 Å². The molecule has 1 atom stereocenters. The maximum atomic E-state index is 13.3. The molecule has 2 amide bonds. The number of amides is 2. The van der Waals surface area contributed by atoms with Gasteiger partial charge in [-0.3, -0.25) is 14.5 Å². The number of anilines is 1. The van der Waals surface area contributed by atoms with Crippen LogP contribution in [-0.2, 0) is 16.1 Å². The molecule has 1 aliphatic heterocycles. The standard InChI is InChI=1S/C23H32N4O2S/c1-16(2)27(13-19-9-6-5-7-10-19)22(29)20-11-8-12-26(14-20)15-21(28)25-23-24-17(3)18(4)30-23/h5-7,9-10,16,20H,8,11-15H2,1-4H3,(H,24,25,28). The molecule has 162 valence electrons. The molecular weight excluding hydrogens is 396 g/mol. The number of benzene rings is 1. The van der Waals surface area contributed by atoms with Crippen molar-refractivity contribution in [2.75, 3.05) is 25.0 Å². The third kappa shape index (κ3) is 5.89. The highest BCUT2D eigenvalue weighted by atomic mass is 32.1. The lowest BCUT2D eigenvalue weighted by Crippen LogP contribution is -2.48. The Hall–Kier alpha value is -2.25. The topological polar surface area (TPSA) is 65.5 Å². The van der Waals surface area contributed by atoms with Crippen LogP contribution in [0.25, 0.3) is 0 Å². The Labute approximate surface area is 183 Å². The number of aryl methyl sites for hydroxylation is 2. The van der Waals surface area contributed by atoms with Gasteiger partial charge in [-0.15, -0.1) is 11.3 Å². The second-order valence-electron chi connectivity index (χ2n) is 8.33. The van der Waals surface area contributed by atoms with Crippen LogP contribution in [0.1, 0.15) is 42.8 Å². The van der Waals surface area contributed by atoms with Crippen LogP contribution in [-0.4, -0.2) is 52.3 Å². The molecule has 3 rings (SSSR count). The van der Waals surface area contributed by atoms with Gasteiger partial charge < -0.3 is 10.2 Å². The molecule has 30 heavy (non-hydrogen) atoms. The number of piperidine rings is 1. The molecule has 0 radical (unpaired) electrons. The smallest absolute Gasteiger partial charge is 0.240 e. The summed E-state index contributed by atoms with van der Waals surface area (Å²) in [7, 11) is 0. The molecule has 0 aliphatic carbocycles. The molecule has 1 aromatic heterocycles. The van der Waals surface area contributed by atoms with Gasteiger partial charge in [0.25, 0.3) is 0 Å². The van der Waals surface area contributed by atoms with Crippen molar-refractivity contribution in [3.05, 3.63) is 46.5 Å². The van der Waals surface area contributed by atoms with Gasteiger partial charge >= 0.3 is 0 Å². The number of hydrogen-bond acceptors (Lipinski definition) is 5. The molecule has 0 spiro atoms. The predicted octanol–water partition coefficient (Wildman–Crippen LogP) is 3.85. The lowest BCUT2D eigenvalue weighted by molar-refractivity contribution is -0.140. The van der Waals surface area contributed by atoms with Crippen LogP contribution < -0.4 is 5.32 Å². The molecular formula is C23H32N4O2S. The minimum atomic E-state index is -0.0677. The number of thiazole rings is 1. The second kappa shape index (κ2) is 10.2. The molecule has 2 heterocycles. The van der Waals surface area contributed by atoms with E-state index in [1.807, 2.05) is 36.9 Å². The van der Waals surface area contributed by atoms with Gasteiger partial charge in [0.2, 0.25) is 11.8 Å². The van der Waals surface area contributed by atoms with Crippen molar-refractivity contribution in [1.82, 2.24) is 14.8 Å². The molecule has 0 bridgehead atoms. The number of rotatable bonds is 7. The zero-order valence-electron chi connectivity index (χ0n) is 18.4. The van der Waals surface area contributed by atoms with Crippen LogP contribution >= 0.6 is 11.3 Å². The summed E-state index contributed by atoms with van der Waals surface area (Å²) in [5.41, 5.74) is 2.09. The van der Waals surface area contributed by atoms with Crippen LogP contribution in [0.15, 0.2) is 30.3 Å². The van der Waals surface area contributed by atoms with Crippen molar-refractivity contribution in [3.8, 4) is 0 Å². The van der Waals surface area contributed by atoms with E-state index in [4.69, 9.17) is 0 Å². The fourth-order valence-electron chi connectivity index (χ4n) is 3.82. The third-order valence-electron chi connectivity index (χ3n) is 5.60. The minimum Gasteiger partial charge on any atom is -0.336 e. The summed E-state index contributed by atoms with van der Waals surface area (Å²) in [6.45, 7) is 10.4. The third-order valence-corrected chi connectivity index (χ3v) is 6.59. The Kier molecular flexibility index (Phi) is 7.61. The quantitative estimate of drug-likeness (QED) is 0.728. The minimum absolute atomic E-state index is 0.0676. The monoisotopic (exact) mass is 428 g/mol. The fraction of sp³-hybridized carbons (Fsp3) is 0.522. The molecule has 1 fully saturated rings. The SMILES string of the molecule is Cc1nc(NC(=O)CN2CCCC(C(=O)N(Cc3ccccc3)C(C)C)C2)sc1C. The second-order valence-corrected chi connectivity index (χ2v) is 9.53. The van der Waals surface area contributed by atoms with Crippen LogP contribution in [0.5, 0.6) is 0 Å². The number of nitrogens with zero attached hydrogens (tertiary/aromatic N) is 3. The average molecular weight is 429 g/mol. The summed E-state index contributed by atoms with van der Waals surface area (Å²) in [6, 6.07) is 10.2. The Morgan fingerprint density at radius 2 is 2.00 bits per heavy atom. The Morgan fingerprint density at radius 3 is 2.63 bits per heavy atom. The highest BCUT2D eigenvalue weighted by Gasteiger charge is 2.31. The van der Waals surface area contributed by atoms with Crippen molar-refractivity contribution in [2.24, 2.45) is 5.92 Å². The van der Waals surface area contributed by atoms with E-state index in [1.54, 1.807) is 0 Å². The summed E-state index contributed by atoms with van der Waals surface area (Å²) in [5.74, 6) is 0.0500. The van der Waals surface area contributed by atoms with E-state index in [9.17, 15) is 9.59 Å². The van der Waals surface area contributed by atoms with Gasteiger partial charge in [0.15, 0.2) is 5.13 Å². The number of carbonyl (C=O) groups excluding carboxylic acids is 2. The maximum Gasteiger partial charge on any atom is 0.240 e. The largest absolute Gasteiger partial charge is 0.336 e. The highest BCUT2D eigenvalue weighted by Crippen LogP contribution is 2.23. The normalized spacial score (nSPS) is 17.2. The number of aromatic nitrogens is 1. The summed E-state index contributed by atoms with van der Waals surface area (Å²) in [4.78, 5) is 35.3. The van der Waals surface area contributed by atoms with Gasteiger partial charge in [0.1, 0.15) is 0 Å². The molecule has 1 aliphatic rings. The summed E-state index contributed by atoms with van der Waals surface area (Å²) in [5, 5.41) is 3.55. The number of carbonyl (C=O) groups is 2. The van der Waals surface area contributed by atoms with Gasteiger partial charge in [-0.1, -0.05) is 30.3 Å². The van der Waals surface area contributed by atoms with E-state index in [-0.39, 0.29) is 23.8 Å². The van der Waals surface area contributed by atoms with Crippen molar-refractivity contribution in [3.63, 3.8) is 0 Å². The summed E-state index contributed by atoms with van der Waals surface area (Å²) in [6.07, 6.45) is 1.80. The van der Waals surface area contributed by atoms with Gasteiger partial charge in [-0.25, -0.2) is 4.98 Å². The van der Waals surface area contributed by atoms with Crippen LogP contribution in [0, 0.1) is 19.8 Å². The maximum absolute atomic E-state index is 13.3. The average Bonchev–Trinajstić information content (AvgIpc) is 3.03. The van der Waals surface area contributed by atoms with Crippen molar-refractivity contribution in [1.29, 1.82) is 0 Å². The van der Waals surface area contributed by atoms with Gasteiger partial charge in [-0.05, 0) is 52.6 Å². The van der Waals surface area contributed by atoms with Crippen molar-refractivity contribution >= 4 is 28.3 Å². The predicted molar refractivity (Wildman–Crippen MR) is 122 cm³/mol. The molecule has 1 aromatic carbocycles. The number of likely N-dealkylation sites (tertiary alicyclic amines) is 1. The first kappa shape index (κ1) is 22.4. The van der Waals surface area contributed by atoms with Gasteiger partial charge in [-0.2, -0.15) is 0 Å². The molecule has 1 N–H and O–H groups in total. The molecule has 1 saturated heterocycles. The lowest BCUT2D eigenvalue weighted by atomic mass is 9.95. The van der Waals surface area contributed by atoms with E-state index >= 15 is 0 Å². The summed E-state index contributed by atoms with van der Waals surface area (Å²) < 4.78 is 0. The van der Waals surface area contributed by atoms with Crippen LogP contribution in [0.4, 0.5) is 5.13 Å². The van der Waals surface area contributed by atoms with Crippen LogP contribution in [0.2, 0.25) is 0 Å². The van der Waals surface area contributed by atoms with E-state index in [2.05, 4.69) is 41.2 Å². The van der Waals surface area contributed by atoms with E-state index < -0.39 is 0 Å². The first-order chi connectivity index (χ1) is 14.3. The fourth-order valence-corrected chi connectivity index (χ4v) is 4.65. The first-order valence-corrected chi connectivity index (χ1v) is 11.5. The molecule has 1 unspecified atom stereocenters. The molecule has 0 saturated carbocycles. The van der Waals surface area contributed by atoms with Crippen molar-refractivity contribution in [2.45, 2.75) is 53.1 Å². The number of hydrogen-bond donors (Lipinski definition) is 1. The van der Waals surface area contributed by atoms with Crippen molar-refractivity contribution < 1.29 is 9.59 Å². The molecule has 2 aromatic rings. The van der Waals surface area contributed by atoms with Crippen LogP contribution in [0.3, 0.4) is 0 Å². The Bertz CT molecular complexity index is 846. The Morgan fingerprint density at radius 1 is 1.27 bits per heavy atom. The molecule has 7 heteroatoms. The number of nitrogens with one attached hydrogen (secondary N) is 1. The summed E-state index contributed by atoms with van der Waals surface area (Å²) >= 11 is 1.50. The Balaban J connectivity index is 1.58. The zero-order valence-corrected chi connectivity index (χ0v) is 19.2. The lowest BCUT2D eigenvalue weighted by Gasteiger charge is -2.36.